The molecule has 1 fully saturated rings. The van der Waals surface area contributed by atoms with Gasteiger partial charge in [-0.1, -0.05) is 29.8 Å². The third-order valence-electron chi connectivity index (χ3n) is 7.14. The van der Waals surface area contributed by atoms with E-state index in [1.54, 1.807) is 37.6 Å². The van der Waals surface area contributed by atoms with E-state index < -0.39 is 0 Å². The summed E-state index contributed by atoms with van der Waals surface area (Å²) in [5.41, 5.74) is 4.42. The van der Waals surface area contributed by atoms with Crippen LogP contribution in [0.5, 0.6) is 5.75 Å². The lowest BCUT2D eigenvalue weighted by Gasteiger charge is -2.43. The van der Waals surface area contributed by atoms with Crippen LogP contribution in [0.15, 0.2) is 60.9 Å². The summed E-state index contributed by atoms with van der Waals surface area (Å²) < 4.78 is 0. The lowest BCUT2D eigenvalue weighted by Crippen LogP contribution is -2.53. The van der Waals surface area contributed by atoms with Crippen LogP contribution in [0.4, 0.5) is 17.2 Å². The number of amides is 1. The first-order chi connectivity index (χ1) is 19.0. The number of aromatic nitrogens is 1. The molecule has 2 aromatic carbocycles. The van der Waals surface area contributed by atoms with E-state index in [0.29, 0.717) is 39.8 Å². The van der Waals surface area contributed by atoms with E-state index >= 15 is 0 Å². The summed E-state index contributed by atoms with van der Waals surface area (Å²) >= 11 is 6.63. The fourth-order valence-corrected chi connectivity index (χ4v) is 5.11. The number of rotatable bonds is 8. The lowest BCUT2D eigenvalue weighted by atomic mass is 10.00. The van der Waals surface area contributed by atoms with Gasteiger partial charge < -0.3 is 20.2 Å². The second kappa shape index (κ2) is 12.2. The van der Waals surface area contributed by atoms with E-state index in [1.807, 2.05) is 37.2 Å². The van der Waals surface area contributed by atoms with Crippen LogP contribution in [0, 0.1) is 0 Å². The first-order valence-corrected chi connectivity index (χ1v) is 13.8. The molecule has 0 spiro atoms. The molecule has 2 N–H and O–H groups in total. The van der Waals surface area contributed by atoms with Gasteiger partial charge in [0.1, 0.15) is 17.3 Å². The highest BCUT2D eigenvalue weighted by Crippen LogP contribution is 2.41. The Bertz CT molecular complexity index is 1380. The van der Waals surface area contributed by atoms with Crippen molar-refractivity contribution in [1.29, 1.82) is 0 Å². The van der Waals surface area contributed by atoms with Crippen LogP contribution in [0.2, 0.25) is 5.02 Å². The number of aromatic hydroxyl groups is 1. The first-order valence-electron chi connectivity index (χ1n) is 13.4. The number of halogens is 1. The molecule has 1 aliphatic rings. The fraction of sp³-hybridized carbons (Fsp3) is 0.355. The van der Waals surface area contributed by atoms with Crippen molar-refractivity contribution in [2.75, 3.05) is 62.4 Å². The van der Waals surface area contributed by atoms with Gasteiger partial charge in [-0.15, -0.1) is 0 Å². The molecule has 0 saturated carbocycles. The van der Waals surface area contributed by atoms with Gasteiger partial charge >= 0.3 is 0 Å². The van der Waals surface area contributed by atoms with E-state index in [2.05, 4.69) is 48.0 Å². The molecule has 40 heavy (non-hydrogen) atoms. The minimum Gasteiger partial charge on any atom is -0.505 e. The predicted octanol–water partition coefficient (Wildman–Crippen LogP) is 5.73. The molecule has 0 bridgehead atoms. The highest BCUT2D eigenvalue weighted by molar-refractivity contribution is 6.34. The molecule has 9 heteroatoms. The number of benzene rings is 2. The molecule has 0 atom stereocenters. The highest BCUT2D eigenvalue weighted by Gasteiger charge is 2.26. The third kappa shape index (κ3) is 6.51. The maximum Gasteiger partial charge on any atom is 0.218 e. The van der Waals surface area contributed by atoms with Crippen LogP contribution in [-0.4, -0.2) is 79.2 Å². The molecule has 4 rings (SSSR count). The van der Waals surface area contributed by atoms with Crippen molar-refractivity contribution in [1.82, 2.24) is 14.8 Å². The maximum atomic E-state index is 11.7. The molecule has 1 amide bonds. The molecular formula is C31H39ClN6O2. The van der Waals surface area contributed by atoms with Crippen LogP contribution in [-0.2, 0) is 4.79 Å². The van der Waals surface area contributed by atoms with Gasteiger partial charge in [0.15, 0.2) is 0 Å². The van der Waals surface area contributed by atoms with Crippen molar-refractivity contribution in [3.05, 3.63) is 66.0 Å². The number of pyridine rings is 1. The third-order valence-corrected chi connectivity index (χ3v) is 7.44. The average Bonchev–Trinajstić information content (AvgIpc) is 2.93. The van der Waals surface area contributed by atoms with Gasteiger partial charge in [-0.2, -0.15) is 0 Å². The van der Waals surface area contributed by atoms with Crippen LogP contribution in [0.1, 0.15) is 20.8 Å². The summed E-state index contributed by atoms with van der Waals surface area (Å²) in [7, 11) is 5.54. The van der Waals surface area contributed by atoms with E-state index in [9.17, 15) is 9.90 Å². The Balaban J connectivity index is 1.67. The second-order valence-corrected chi connectivity index (χ2v) is 11.5. The zero-order valence-corrected chi connectivity index (χ0v) is 24.9. The lowest BCUT2D eigenvalue weighted by molar-refractivity contribution is -0.106. The zero-order valence-electron chi connectivity index (χ0n) is 24.1. The number of hydrogen-bond donors (Lipinski definition) is 2. The number of piperazine rings is 1. The molecule has 0 unspecified atom stereocenters. The second-order valence-electron chi connectivity index (χ2n) is 11.1. The van der Waals surface area contributed by atoms with E-state index in [-0.39, 0.29) is 11.3 Å². The normalized spacial score (nSPS) is 14.4. The number of nitrogens with one attached hydrogen (secondary N) is 1. The van der Waals surface area contributed by atoms with Gasteiger partial charge in [0.05, 0.1) is 10.7 Å². The predicted molar refractivity (Wildman–Crippen MR) is 166 cm³/mol. The molecule has 212 valence electrons. The molecule has 1 aliphatic heterocycles. The Labute approximate surface area is 242 Å². The Hall–Kier alpha value is -3.75. The summed E-state index contributed by atoms with van der Waals surface area (Å²) in [5.74, 6) is 0.688. The van der Waals surface area contributed by atoms with Crippen molar-refractivity contribution in [3.63, 3.8) is 0 Å². The summed E-state index contributed by atoms with van der Waals surface area (Å²) in [6.45, 7) is 10.6. The summed E-state index contributed by atoms with van der Waals surface area (Å²) in [6, 6.07) is 15.3. The minimum absolute atomic E-state index is 0.0669. The number of carbonyl (C=O) groups excluding carboxylic acids is 1. The smallest absolute Gasteiger partial charge is 0.218 e. The van der Waals surface area contributed by atoms with Gasteiger partial charge in [-0.05, 0) is 56.7 Å². The van der Waals surface area contributed by atoms with Crippen LogP contribution in [0.25, 0.3) is 22.4 Å². The molecule has 0 aliphatic carbocycles. The van der Waals surface area contributed by atoms with E-state index in [1.165, 1.54) is 4.90 Å². The number of hydrogen-bond acceptors (Lipinski definition) is 7. The van der Waals surface area contributed by atoms with E-state index in [0.717, 1.165) is 37.4 Å². The molecular weight excluding hydrogens is 524 g/mol. The van der Waals surface area contributed by atoms with Crippen molar-refractivity contribution >= 4 is 35.2 Å². The molecule has 8 nitrogen and oxygen atoms in total. The van der Waals surface area contributed by atoms with E-state index in [4.69, 9.17) is 16.6 Å². The minimum atomic E-state index is 0.0669. The first kappa shape index (κ1) is 29.2. The topological polar surface area (TPSA) is 75.2 Å². The van der Waals surface area contributed by atoms with Gasteiger partial charge in [0, 0.05) is 82.1 Å². The average molecular weight is 563 g/mol. The molecule has 2 heterocycles. The highest BCUT2D eigenvalue weighted by atomic mass is 35.5. The monoisotopic (exact) mass is 562 g/mol. The van der Waals surface area contributed by atoms with Crippen LogP contribution < -0.4 is 15.1 Å². The fourth-order valence-electron chi connectivity index (χ4n) is 4.83. The standard InChI is InChI=1S/C31H39ClN6O2/c1-31(2,3)38-16-14-36(15-17-38)24-9-7-8-23(18-24)29-30(40)25(20-28(33-4)34-29)22-10-11-27(26(32)19-22)37(21-39)13-12-35(5)6/h7-13,18-21,40H,14-17H2,1-6H3,(H,33,34)/b13-12-. The Kier molecular flexibility index (Phi) is 8.91. The number of nitrogens with zero attached hydrogens (tertiary/aromatic N) is 5. The van der Waals surface area contributed by atoms with Crippen molar-refractivity contribution in [3.8, 4) is 28.1 Å². The molecule has 1 saturated heterocycles. The molecule has 1 aromatic heterocycles. The van der Waals surface area contributed by atoms with Gasteiger partial charge in [-0.25, -0.2) is 4.98 Å². The van der Waals surface area contributed by atoms with Crippen molar-refractivity contribution < 1.29 is 9.90 Å². The Morgan fingerprint density at radius 1 is 1.00 bits per heavy atom. The maximum absolute atomic E-state index is 11.7. The Morgan fingerprint density at radius 2 is 1.73 bits per heavy atom. The quantitative estimate of drug-likeness (QED) is 0.339. The van der Waals surface area contributed by atoms with Gasteiger partial charge in [-0.3, -0.25) is 14.6 Å². The van der Waals surface area contributed by atoms with Crippen LogP contribution >= 0.6 is 11.6 Å². The van der Waals surface area contributed by atoms with Gasteiger partial charge in [0.25, 0.3) is 0 Å². The number of anilines is 3. The summed E-state index contributed by atoms with van der Waals surface area (Å²) in [4.78, 5) is 24.5. The number of carbonyl (C=O) groups is 1. The molecule has 0 radical (unpaired) electrons. The van der Waals surface area contributed by atoms with Crippen molar-refractivity contribution in [2.24, 2.45) is 0 Å². The Morgan fingerprint density at radius 3 is 2.33 bits per heavy atom. The van der Waals surface area contributed by atoms with Crippen molar-refractivity contribution in [2.45, 2.75) is 26.3 Å². The summed E-state index contributed by atoms with van der Waals surface area (Å²) in [6.07, 6.45) is 4.11. The van der Waals surface area contributed by atoms with Gasteiger partial charge in [0.2, 0.25) is 6.41 Å². The van der Waals surface area contributed by atoms with Crippen LogP contribution in [0.3, 0.4) is 0 Å². The largest absolute Gasteiger partial charge is 0.505 e. The summed E-state index contributed by atoms with van der Waals surface area (Å²) in [5, 5.41) is 15.0. The zero-order chi connectivity index (χ0) is 29.0. The SMILES string of the molecule is CNc1cc(-c2ccc(N(C=O)/C=C\N(C)C)c(Cl)c2)c(O)c(-c2cccc(N3CCN(C(C)(C)C)CC3)c2)n1. The molecule has 3 aromatic rings.